The zero-order chi connectivity index (χ0) is 22.8. The highest BCUT2D eigenvalue weighted by molar-refractivity contribution is 5.95. The first kappa shape index (κ1) is 22.2. The molecule has 0 fully saturated rings. The second kappa shape index (κ2) is 11.1. The van der Waals surface area contributed by atoms with E-state index in [-0.39, 0.29) is 12.3 Å². The van der Waals surface area contributed by atoms with Gasteiger partial charge in [0, 0.05) is 11.3 Å². The van der Waals surface area contributed by atoms with Gasteiger partial charge >= 0.3 is 5.97 Å². The molecule has 0 aromatic heterocycles. The molecule has 3 aromatic rings. The summed E-state index contributed by atoms with van der Waals surface area (Å²) in [6.45, 7) is -0.482. The number of nitriles is 1. The van der Waals surface area contributed by atoms with E-state index in [4.69, 9.17) is 10.00 Å². The summed E-state index contributed by atoms with van der Waals surface area (Å²) in [6, 6.07) is 25.5. The Morgan fingerprint density at radius 3 is 2.28 bits per heavy atom. The van der Waals surface area contributed by atoms with Crippen LogP contribution >= 0.6 is 0 Å². The summed E-state index contributed by atoms with van der Waals surface area (Å²) in [5, 5.41) is 14.3. The van der Waals surface area contributed by atoms with E-state index in [0.717, 1.165) is 5.56 Å². The van der Waals surface area contributed by atoms with E-state index in [1.165, 1.54) is 6.07 Å². The molecule has 32 heavy (non-hydrogen) atoms. The topological polar surface area (TPSA) is 108 Å². The molecular weight excluding hydrogens is 406 g/mol. The number of amides is 2. The molecule has 160 valence electrons. The van der Waals surface area contributed by atoms with Gasteiger partial charge in [0.15, 0.2) is 6.61 Å². The Balaban J connectivity index is 1.59. The third kappa shape index (κ3) is 6.54. The molecular formula is C25H21N3O4. The van der Waals surface area contributed by atoms with Crippen molar-refractivity contribution in [2.24, 2.45) is 0 Å². The number of ether oxygens (including phenoxy) is 1. The fraction of sp³-hybridized carbons (Fsp3) is 0.120. The van der Waals surface area contributed by atoms with Crippen molar-refractivity contribution in [3.8, 4) is 6.07 Å². The molecule has 0 radical (unpaired) electrons. The Morgan fingerprint density at radius 2 is 1.59 bits per heavy atom. The van der Waals surface area contributed by atoms with E-state index in [2.05, 4.69) is 10.6 Å². The van der Waals surface area contributed by atoms with E-state index in [0.29, 0.717) is 16.8 Å². The van der Waals surface area contributed by atoms with E-state index in [9.17, 15) is 14.4 Å². The Labute approximate surface area is 185 Å². The Hall–Kier alpha value is -4.44. The largest absolute Gasteiger partial charge is 0.455 e. The van der Waals surface area contributed by atoms with Crippen LogP contribution < -0.4 is 10.6 Å². The minimum Gasteiger partial charge on any atom is -0.455 e. The monoisotopic (exact) mass is 427 g/mol. The standard InChI is InChI=1S/C25H21N3O4/c26-16-18-8-7-13-21(14-18)27-23(29)17-32-24(30)15-22(19-9-3-1-4-10-19)28-25(31)20-11-5-2-6-12-20/h1-14,22H,15,17H2,(H,27,29)(H,28,31)/t22-/m0/s1. The molecule has 3 aromatic carbocycles. The summed E-state index contributed by atoms with van der Waals surface area (Å²) in [4.78, 5) is 37.1. The number of anilines is 1. The maximum absolute atomic E-state index is 12.6. The SMILES string of the molecule is N#Cc1cccc(NC(=O)COC(=O)C[C@H](NC(=O)c2ccccc2)c2ccccc2)c1. The lowest BCUT2D eigenvalue weighted by molar-refractivity contribution is -0.147. The van der Waals surface area contributed by atoms with Gasteiger partial charge in [-0.3, -0.25) is 14.4 Å². The molecule has 7 heteroatoms. The normalized spacial score (nSPS) is 11.0. The van der Waals surface area contributed by atoms with Crippen molar-refractivity contribution >= 4 is 23.5 Å². The first-order chi connectivity index (χ1) is 15.5. The summed E-state index contributed by atoms with van der Waals surface area (Å²) < 4.78 is 5.10. The lowest BCUT2D eigenvalue weighted by Gasteiger charge is -2.19. The summed E-state index contributed by atoms with van der Waals surface area (Å²) in [5.41, 5.74) is 2.05. The van der Waals surface area contributed by atoms with E-state index >= 15 is 0 Å². The third-order valence-electron chi connectivity index (χ3n) is 4.55. The number of nitrogens with zero attached hydrogens (tertiary/aromatic N) is 1. The minimum absolute atomic E-state index is 0.139. The number of hydrogen-bond donors (Lipinski definition) is 2. The maximum Gasteiger partial charge on any atom is 0.308 e. The van der Waals surface area contributed by atoms with Gasteiger partial charge in [0.2, 0.25) is 0 Å². The highest BCUT2D eigenvalue weighted by atomic mass is 16.5. The maximum atomic E-state index is 12.6. The Bertz CT molecular complexity index is 1120. The number of hydrogen-bond acceptors (Lipinski definition) is 5. The first-order valence-electron chi connectivity index (χ1n) is 9.91. The molecule has 0 aliphatic heterocycles. The van der Waals surface area contributed by atoms with Crippen LogP contribution in [0.15, 0.2) is 84.9 Å². The van der Waals surface area contributed by atoms with Gasteiger partial charge < -0.3 is 15.4 Å². The van der Waals surface area contributed by atoms with Gasteiger partial charge in [-0.15, -0.1) is 0 Å². The molecule has 2 N–H and O–H groups in total. The van der Waals surface area contributed by atoms with E-state index in [1.807, 2.05) is 30.3 Å². The summed E-state index contributed by atoms with van der Waals surface area (Å²) >= 11 is 0. The van der Waals surface area contributed by atoms with Crippen molar-refractivity contribution in [2.45, 2.75) is 12.5 Å². The van der Waals surface area contributed by atoms with Crippen LogP contribution in [-0.4, -0.2) is 24.4 Å². The van der Waals surface area contributed by atoms with Crippen LogP contribution in [0, 0.1) is 11.3 Å². The van der Waals surface area contributed by atoms with Gasteiger partial charge in [0.05, 0.1) is 24.1 Å². The number of esters is 1. The molecule has 0 saturated heterocycles. The van der Waals surface area contributed by atoms with Crippen molar-refractivity contribution in [2.75, 3.05) is 11.9 Å². The highest BCUT2D eigenvalue weighted by Crippen LogP contribution is 2.18. The van der Waals surface area contributed by atoms with Crippen LogP contribution in [0.4, 0.5) is 5.69 Å². The summed E-state index contributed by atoms with van der Waals surface area (Å²) in [6.07, 6.45) is -0.139. The molecule has 0 aliphatic rings. The van der Waals surface area contributed by atoms with Crippen molar-refractivity contribution in [1.82, 2.24) is 5.32 Å². The Morgan fingerprint density at radius 1 is 0.906 bits per heavy atom. The fourth-order valence-corrected chi connectivity index (χ4v) is 3.00. The van der Waals surface area contributed by atoms with E-state index < -0.39 is 24.5 Å². The average Bonchev–Trinajstić information content (AvgIpc) is 2.83. The fourth-order valence-electron chi connectivity index (χ4n) is 3.00. The van der Waals surface area contributed by atoms with Gasteiger partial charge in [-0.05, 0) is 35.9 Å². The zero-order valence-corrected chi connectivity index (χ0v) is 17.2. The van der Waals surface area contributed by atoms with Crippen molar-refractivity contribution in [3.63, 3.8) is 0 Å². The second-order valence-electron chi connectivity index (χ2n) is 6.91. The molecule has 0 aliphatic carbocycles. The number of benzene rings is 3. The first-order valence-corrected chi connectivity index (χ1v) is 9.91. The minimum atomic E-state index is -0.631. The Kier molecular flexibility index (Phi) is 7.71. The number of rotatable bonds is 8. The predicted octanol–water partition coefficient (Wildman–Crippen LogP) is 3.60. The molecule has 0 saturated carbocycles. The molecule has 0 unspecified atom stereocenters. The summed E-state index contributed by atoms with van der Waals surface area (Å²) in [5.74, 6) is -1.48. The van der Waals surface area contributed by atoms with Crippen molar-refractivity contribution in [1.29, 1.82) is 5.26 Å². The van der Waals surface area contributed by atoms with Crippen LogP contribution in [-0.2, 0) is 14.3 Å². The van der Waals surface area contributed by atoms with Crippen LogP contribution in [0.5, 0.6) is 0 Å². The van der Waals surface area contributed by atoms with Crippen molar-refractivity contribution in [3.05, 3.63) is 102 Å². The van der Waals surface area contributed by atoms with Crippen LogP contribution in [0.3, 0.4) is 0 Å². The molecule has 0 bridgehead atoms. The predicted molar refractivity (Wildman–Crippen MR) is 118 cm³/mol. The molecule has 3 rings (SSSR count). The quantitative estimate of drug-likeness (QED) is 0.534. The van der Waals surface area contributed by atoms with Gasteiger partial charge in [-0.2, -0.15) is 5.26 Å². The average molecular weight is 427 g/mol. The lowest BCUT2D eigenvalue weighted by atomic mass is 10.0. The molecule has 1 atom stereocenters. The van der Waals surface area contributed by atoms with Crippen molar-refractivity contribution < 1.29 is 19.1 Å². The molecule has 0 spiro atoms. The van der Waals surface area contributed by atoms with Crippen LogP contribution in [0.2, 0.25) is 0 Å². The van der Waals surface area contributed by atoms with Crippen LogP contribution in [0.25, 0.3) is 0 Å². The lowest BCUT2D eigenvalue weighted by Crippen LogP contribution is -2.31. The van der Waals surface area contributed by atoms with Gasteiger partial charge in [-0.25, -0.2) is 0 Å². The van der Waals surface area contributed by atoms with Gasteiger partial charge in [-0.1, -0.05) is 54.6 Å². The summed E-state index contributed by atoms with van der Waals surface area (Å²) in [7, 11) is 0. The van der Waals surface area contributed by atoms with Crippen LogP contribution in [0.1, 0.15) is 33.9 Å². The van der Waals surface area contributed by atoms with Gasteiger partial charge in [0.1, 0.15) is 0 Å². The number of carbonyl (C=O) groups excluding carboxylic acids is 3. The number of nitrogens with one attached hydrogen (secondary N) is 2. The zero-order valence-electron chi connectivity index (χ0n) is 17.2. The highest BCUT2D eigenvalue weighted by Gasteiger charge is 2.20. The van der Waals surface area contributed by atoms with Gasteiger partial charge in [0.25, 0.3) is 11.8 Å². The molecule has 7 nitrogen and oxygen atoms in total. The molecule has 2 amide bonds. The second-order valence-corrected chi connectivity index (χ2v) is 6.91. The van der Waals surface area contributed by atoms with E-state index in [1.54, 1.807) is 54.6 Å². The third-order valence-corrected chi connectivity index (χ3v) is 4.55. The molecule has 0 heterocycles. The number of carbonyl (C=O) groups is 3. The smallest absolute Gasteiger partial charge is 0.308 e.